The molecule has 0 N–H and O–H groups in total. The maximum absolute atomic E-state index is 10.4. The molecule has 0 aliphatic heterocycles. The highest BCUT2D eigenvalue weighted by Crippen LogP contribution is 1.99. The summed E-state index contributed by atoms with van der Waals surface area (Å²) >= 11 is 0. The number of ether oxygens (including phenoxy) is 1. The van der Waals surface area contributed by atoms with Crippen molar-refractivity contribution in [2.45, 2.75) is 13.3 Å². The molecule has 14 heavy (non-hydrogen) atoms. The molecule has 0 heterocycles. The van der Waals surface area contributed by atoms with E-state index in [1.54, 1.807) is 0 Å². The standard InChI is InChI=1S/C12H14O2/c1-11(13)14-10-6-5-9-12-7-3-2-4-8-12/h2-8H,9-10H2,1H3. The first-order chi connectivity index (χ1) is 6.79. The summed E-state index contributed by atoms with van der Waals surface area (Å²) in [6.07, 6.45) is 4.73. The van der Waals surface area contributed by atoms with Crippen molar-refractivity contribution in [3.8, 4) is 0 Å². The van der Waals surface area contributed by atoms with Crippen LogP contribution in [-0.2, 0) is 16.0 Å². The second-order valence-corrected chi connectivity index (χ2v) is 2.96. The Morgan fingerprint density at radius 1 is 1.29 bits per heavy atom. The Kier molecular flexibility index (Phi) is 4.48. The Hall–Kier alpha value is -1.57. The Balaban J connectivity index is 2.24. The number of rotatable bonds is 4. The molecule has 2 nitrogen and oxygen atoms in total. The fourth-order valence-electron chi connectivity index (χ4n) is 1.07. The van der Waals surface area contributed by atoms with E-state index in [0.717, 1.165) is 6.42 Å². The summed E-state index contributed by atoms with van der Waals surface area (Å²) < 4.78 is 4.75. The van der Waals surface area contributed by atoms with Crippen LogP contribution in [0.3, 0.4) is 0 Å². The van der Waals surface area contributed by atoms with Gasteiger partial charge in [0.2, 0.25) is 0 Å². The highest BCUT2D eigenvalue weighted by atomic mass is 16.5. The zero-order chi connectivity index (χ0) is 10.2. The SMILES string of the molecule is CC(=O)OCC=CCc1ccccc1. The molecule has 74 valence electrons. The summed E-state index contributed by atoms with van der Waals surface area (Å²) in [5.74, 6) is -0.241. The summed E-state index contributed by atoms with van der Waals surface area (Å²) in [6, 6.07) is 10.1. The average molecular weight is 190 g/mol. The van der Waals surface area contributed by atoms with Gasteiger partial charge in [-0.05, 0) is 12.0 Å². The van der Waals surface area contributed by atoms with Crippen molar-refractivity contribution in [3.05, 3.63) is 48.0 Å². The first-order valence-corrected chi connectivity index (χ1v) is 4.61. The molecule has 0 saturated carbocycles. The normalized spacial score (nSPS) is 10.4. The minimum Gasteiger partial charge on any atom is -0.462 e. The Bertz CT molecular complexity index is 301. The van der Waals surface area contributed by atoms with Gasteiger partial charge in [0.15, 0.2) is 0 Å². The lowest BCUT2D eigenvalue weighted by Gasteiger charge is -1.96. The lowest BCUT2D eigenvalue weighted by molar-refractivity contribution is -0.139. The number of hydrogen-bond acceptors (Lipinski definition) is 2. The topological polar surface area (TPSA) is 26.3 Å². The van der Waals surface area contributed by atoms with Crippen LogP contribution in [0, 0.1) is 0 Å². The molecule has 0 aliphatic rings. The molecule has 0 radical (unpaired) electrons. The van der Waals surface area contributed by atoms with Crippen molar-refractivity contribution < 1.29 is 9.53 Å². The second-order valence-electron chi connectivity index (χ2n) is 2.96. The zero-order valence-electron chi connectivity index (χ0n) is 8.27. The van der Waals surface area contributed by atoms with Crippen LogP contribution in [0.5, 0.6) is 0 Å². The second kappa shape index (κ2) is 5.97. The first-order valence-electron chi connectivity index (χ1n) is 4.61. The largest absolute Gasteiger partial charge is 0.462 e. The third-order valence-electron chi connectivity index (χ3n) is 1.75. The van der Waals surface area contributed by atoms with Crippen LogP contribution < -0.4 is 0 Å². The molecule has 0 spiro atoms. The maximum Gasteiger partial charge on any atom is 0.302 e. The van der Waals surface area contributed by atoms with Gasteiger partial charge in [-0.3, -0.25) is 4.79 Å². The monoisotopic (exact) mass is 190 g/mol. The van der Waals surface area contributed by atoms with Crippen LogP contribution in [0.1, 0.15) is 12.5 Å². The van der Waals surface area contributed by atoms with Crippen LogP contribution >= 0.6 is 0 Å². The molecule has 0 aromatic heterocycles. The van der Waals surface area contributed by atoms with E-state index < -0.39 is 0 Å². The molecule has 0 saturated heterocycles. The van der Waals surface area contributed by atoms with Crippen LogP contribution in [0.4, 0.5) is 0 Å². The average Bonchev–Trinajstić information content (AvgIpc) is 2.18. The quantitative estimate of drug-likeness (QED) is 0.538. The van der Waals surface area contributed by atoms with Crippen molar-refractivity contribution >= 4 is 5.97 Å². The van der Waals surface area contributed by atoms with Crippen LogP contribution in [0.25, 0.3) is 0 Å². The summed E-state index contributed by atoms with van der Waals surface area (Å²) in [5.41, 5.74) is 1.26. The molecule has 1 aromatic rings. The lowest BCUT2D eigenvalue weighted by atomic mass is 10.1. The van der Waals surface area contributed by atoms with E-state index in [1.807, 2.05) is 30.4 Å². The number of benzene rings is 1. The van der Waals surface area contributed by atoms with Gasteiger partial charge in [-0.15, -0.1) is 0 Å². The molecule has 0 fully saturated rings. The predicted octanol–water partition coefficient (Wildman–Crippen LogP) is 2.35. The number of allylic oxidation sites excluding steroid dienone is 1. The van der Waals surface area contributed by atoms with E-state index in [0.29, 0.717) is 6.61 Å². The smallest absolute Gasteiger partial charge is 0.302 e. The number of carbonyl (C=O) groups excluding carboxylic acids is 1. The van der Waals surface area contributed by atoms with Crippen LogP contribution in [-0.4, -0.2) is 12.6 Å². The fourth-order valence-corrected chi connectivity index (χ4v) is 1.07. The van der Waals surface area contributed by atoms with Gasteiger partial charge in [-0.2, -0.15) is 0 Å². The number of carbonyl (C=O) groups is 1. The van der Waals surface area contributed by atoms with Crippen molar-refractivity contribution in [2.75, 3.05) is 6.61 Å². The van der Waals surface area contributed by atoms with Crippen molar-refractivity contribution in [2.24, 2.45) is 0 Å². The third kappa shape index (κ3) is 4.45. The maximum atomic E-state index is 10.4. The Morgan fingerprint density at radius 3 is 2.64 bits per heavy atom. The van der Waals surface area contributed by atoms with Crippen LogP contribution in [0.2, 0.25) is 0 Å². The van der Waals surface area contributed by atoms with E-state index in [1.165, 1.54) is 12.5 Å². The first kappa shape index (κ1) is 10.5. The molecule has 2 heteroatoms. The van der Waals surface area contributed by atoms with E-state index in [-0.39, 0.29) is 5.97 Å². The van der Waals surface area contributed by atoms with E-state index >= 15 is 0 Å². The van der Waals surface area contributed by atoms with Crippen molar-refractivity contribution in [1.29, 1.82) is 0 Å². The number of esters is 1. The van der Waals surface area contributed by atoms with Gasteiger partial charge in [-0.1, -0.05) is 42.5 Å². The molecular weight excluding hydrogens is 176 g/mol. The van der Waals surface area contributed by atoms with Gasteiger partial charge in [-0.25, -0.2) is 0 Å². The zero-order valence-corrected chi connectivity index (χ0v) is 8.27. The number of hydrogen-bond donors (Lipinski definition) is 0. The van der Waals surface area contributed by atoms with Crippen molar-refractivity contribution in [3.63, 3.8) is 0 Å². The Morgan fingerprint density at radius 2 is 2.00 bits per heavy atom. The minimum absolute atomic E-state index is 0.241. The van der Waals surface area contributed by atoms with Gasteiger partial charge in [0, 0.05) is 6.92 Å². The summed E-state index contributed by atoms with van der Waals surface area (Å²) in [7, 11) is 0. The van der Waals surface area contributed by atoms with Gasteiger partial charge in [0.05, 0.1) is 0 Å². The molecule has 0 unspecified atom stereocenters. The molecule has 0 amide bonds. The highest BCUT2D eigenvalue weighted by Gasteiger charge is 1.88. The van der Waals surface area contributed by atoms with Crippen molar-refractivity contribution in [1.82, 2.24) is 0 Å². The molecule has 0 bridgehead atoms. The van der Waals surface area contributed by atoms with E-state index in [9.17, 15) is 4.79 Å². The van der Waals surface area contributed by atoms with Gasteiger partial charge < -0.3 is 4.74 Å². The molecule has 0 atom stereocenters. The molecule has 1 aromatic carbocycles. The molecule has 1 rings (SSSR count). The molecular formula is C12H14O2. The lowest BCUT2D eigenvalue weighted by Crippen LogP contribution is -1.97. The van der Waals surface area contributed by atoms with E-state index in [2.05, 4.69) is 12.1 Å². The van der Waals surface area contributed by atoms with Crippen LogP contribution in [0.15, 0.2) is 42.5 Å². The third-order valence-corrected chi connectivity index (χ3v) is 1.75. The van der Waals surface area contributed by atoms with E-state index in [4.69, 9.17) is 4.74 Å². The highest BCUT2D eigenvalue weighted by molar-refractivity contribution is 5.65. The molecule has 0 aliphatic carbocycles. The van der Waals surface area contributed by atoms with Gasteiger partial charge in [0.25, 0.3) is 0 Å². The summed E-state index contributed by atoms with van der Waals surface area (Å²) in [5, 5.41) is 0. The summed E-state index contributed by atoms with van der Waals surface area (Å²) in [4.78, 5) is 10.4. The predicted molar refractivity (Wildman–Crippen MR) is 55.9 cm³/mol. The Labute approximate surface area is 84.2 Å². The van der Waals surface area contributed by atoms with Gasteiger partial charge in [0.1, 0.15) is 6.61 Å². The van der Waals surface area contributed by atoms with Gasteiger partial charge >= 0.3 is 5.97 Å². The summed E-state index contributed by atoms with van der Waals surface area (Å²) in [6.45, 7) is 1.77. The minimum atomic E-state index is -0.241. The fraction of sp³-hybridized carbons (Fsp3) is 0.250.